The van der Waals surface area contributed by atoms with Gasteiger partial charge < -0.3 is 38.9 Å². The van der Waals surface area contributed by atoms with Crippen molar-refractivity contribution in [2.45, 2.75) is 50.9 Å². The number of hydrogen-bond acceptors (Lipinski definition) is 7. The Balaban J connectivity index is 5.31. The highest BCUT2D eigenvalue weighted by Gasteiger charge is 2.28. The molecule has 30 heavy (non-hydrogen) atoms. The van der Waals surface area contributed by atoms with Gasteiger partial charge in [0.05, 0.1) is 6.04 Å². The van der Waals surface area contributed by atoms with E-state index in [-0.39, 0.29) is 24.7 Å². The van der Waals surface area contributed by atoms with Crippen LogP contribution < -0.4 is 38.9 Å². The molecule has 0 aromatic carbocycles. The van der Waals surface area contributed by atoms with Crippen LogP contribution >= 0.6 is 11.8 Å². The minimum absolute atomic E-state index is 0.0703. The van der Waals surface area contributed by atoms with Crippen LogP contribution in [0.15, 0.2) is 4.99 Å². The summed E-state index contributed by atoms with van der Waals surface area (Å²) in [7, 11) is 0. The molecule has 0 heterocycles. The van der Waals surface area contributed by atoms with Crippen LogP contribution in [0.2, 0.25) is 0 Å². The lowest BCUT2D eigenvalue weighted by atomic mass is 10.1. The van der Waals surface area contributed by atoms with E-state index in [4.69, 9.17) is 29.4 Å². The highest BCUT2D eigenvalue weighted by molar-refractivity contribution is 8.03. The van der Waals surface area contributed by atoms with Gasteiger partial charge in [0.1, 0.15) is 18.1 Å². The van der Waals surface area contributed by atoms with Gasteiger partial charge >= 0.3 is 0 Å². The summed E-state index contributed by atoms with van der Waals surface area (Å²) in [6.07, 6.45) is 5.73. The summed E-state index contributed by atoms with van der Waals surface area (Å²) in [5, 5.41) is 9.76. The van der Waals surface area contributed by atoms with Gasteiger partial charge in [-0.1, -0.05) is 11.8 Å². The van der Waals surface area contributed by atoms with Gasteiger partial charge in [-0.15, -0.1) is 6.42 Å². The van der Waals surface area contributed by atoms with E-state index in [1.165, 1.54) is 13.8 Å². The van der Waals surface area contributed by atoms with Crippen LogP contribution in [0.25, 0.3) is 0 Å². The quantitative estimate of drug-likeness (QED) is 0.0659. The normalized spacial score (nSPS) is 14.2. The van der Waals surface area contributed by atoms with Gasteiger partial charge in [0.2, 0.25) is 23.6 Å². The fourth-order valence-corrected chi connectivity index (χ4v) is 2.54. The first-order chi connectivity index (χ1) is 14.0. The molecule has 0 rings (SSSR count). The van der Waals surface area contributed by atoms with Crippen LogP contribution in [0.4, 0.5) is 0 Å². The first-order valence-corrected chi connectivity index (χ1v) is 10.1. The number of amides is 4. The van der Waals surface area contributed by atoms with Gasteiger partial charge in [-0.05, 0) is 31.9 Å². The number of carbonyl (C=O) groups is 4. The van der Waals surface area contributed by atoms with Crippen molar-refractivity contribution in [1.82, 2.24) is 16.0 Å². The summed E-state index contributed by atoms with van der Waals surface area (Å²) >= 11 is 0.977. The number of hydrogen-bond donors (Lipinski definition) is 7. The molecule has 0 aromatic rings. The minimum atomic E-state index is -1.03. The number of aliphatic imine (C=N–C) groups is 1. The van der Waals surface area contributed by atoms with E-state index in [1.807, 2.05) is 0 Å². The highest BCUT2D eigenvalue weighted by atomic mass is 32.2. The Kier molecular flexibility index (Phi) is 12.7. The molecule has 11 N–H and O–H groups in total. The maximum absolute atomic E-state index is 12.7. The summed E-state index contributed by atoms with van der Waals surface area (Å²) in [6.45, 7) is 3.10. The Bertz CT molecular complexity index is 688. The zero-order chi connectivity index (χ0) is 23.3. The molecule has 0 fully saturated rings. The largest absolute Gasteiger partial charge is 0.370 e. The SMILES string of the molecule is C#CSC[C@H](NC(=O)[C@H](C)N)C(=O)N[C@@H](CCCN=C(N)N)C(=O)N[C@@H](C)C(N)=O. The Morgan fingerprint density at radius 2 is 1.57 bits per heavy atom. The van der Waals surface area contributed by atoms with Gasteiger partial charge in [-0.2, -0.15) is 0 Å². The first kappa shape index (κ1) is 27.0. The molecule has 13 heteroatoms. The molecule has 0 spiro atoms. The van der Waals surface area contributed by atoms with Gasteiger partial charge in [0.15, 0.2) is 5.96 Å². The van der Waals surface area contributed by atoms with E-state index < -0.39 is 47.8 Å². The molecule has 0 bridgehead atoms. The van der Waals surface area contributed by atoms with Crippen molar-refractivity contribution in [3.8, 4) is 11.7 Å². The molecular weight excluding hydrogens is 412 g/mol. The number of carbonyl (C=O) groups excluding carboxylic acids is 4. The summed E-state index contributed by atoms with van der Waals surface area (Å²) in [6, 6.07) is -3.84. The zero-order valence-corrected chi connectivity index (χ0v) is 17.8. The average Bonchev–Trinajstić information content (AvgIpc) is 2.66. The van der Waals surface area contributed by atoms with Crippen LogP contribution in [0, 0.1) is 11.7 Å². The third-order valence-corrected chi connectivity index (χ3v) is 4.41. The summed E-state index contributed by atoms with van der Waals surface area (Å²) in [5.41, 5.74) is 21.2. The molecule has 0 aliphatic heterocycles. The van der Waals surface area contributed by atoms with Crippen LogP contribution in [0.5, 0.6) is 0 Å². The first-order valence-electron chi connectivity index (χ1n) is 9.08. The Hall–Kier alpha value is -2.98. The molecule has 0 saturated heterocycles. The fourth-order valence-electron chi connectivity index (χ4n) is 2.05. The summed E-state index contributed by atoms with van der Waals surface area (Å²) < 4.78 is 0. The van der Waals surface area contributed by atoms with Gasteiger partial charge in [0, 0.05) is 12.3 Å². The topological polar surface area (TPSA) is 221 Å². The maximum atomic E-state index is 12.7. The van der Waals surface area contributed by atoms with E-state index in [0.717, 1.165) is 11.8 Å². The van der Waals surface area contributed by atoms with Crippen LogP contribution in [0.3, 0.4) is 0 Å². The number of guanidine groups is 1. The molecule has 0 aromatic heterocycles. The van der Waals surface area contributed by atoms with Crippen molar-refractivity contribution in [3.63, 3.8) is 0 Å². The zero-order valence-electron chi connectivity index (χ0n) is 17.0. The monoisotopic (exact) mass is 442 g/mol. The molecule has 12 nitrogen and oxygen atoms in total. The van der Waals surface area contributed by atoms with Gasteiger partial charge in [0.25, 0.3) is 0 Å². The van der Waals surface area contributed by atoms with Crippen LogP contribution in [-0.4, -0.2) is 66.1 Å². The van der Waals surface area contributed by atoms with Crippen molar-refractivity contribution in [2.24, 2.45) is 27.9 Å². The molecular formula is C17H30N8O4S. The van der Waals surface area contributed by atoms with Crippen LogP contribution in [-0.2, 0) is 19.2 Å². The molecule has 4 amide bonds. The van der Waals surface area contributed by atoms with Crippen molar-refractivity contribution < 1.29 is 19.2 Å². The van der Waals surface area contributed by atoms with E-state index in [9.17, 15) is 19.2 Å². The van der Waals surface area contributed by atoms with Crippen molar-refractivity contribution in [1.29, 1.82) is 0 Å². The lowest BCUT2D eigenvalue weighted by molar-refractivity contribution is -0.133. The number of rotatable bonds is 13. The number of nitrogens with zero attached hydrogens (tertiary/aromatic N) is 1. The predicted octanol–water partition coefficient (Wildman–Crippen LogP) is -3.33. The number of primary amides is 1. The van der Waals surface area contributed by atoms with Gasteiger partial charge in [-0.25, -0.2) is 0 Å². The third kappa shape index (κ3) is 11.1. The maximum Gasteiger partial charge on any atom is 0.244 e. The van der Waals surface area contributed by atoms with Crippen molar-refractivity contribution in [2.75, 3.05) is 12.3 Å². The number of thioether (sulfide) groups is 1. The smallest absolute Gasteiger partial charge is 0.244 e. The molecule has 0 saturated carbocycles. The predicted molar refractivity (Wildman–Crippen MR) is 116 cm³/mol. The molecule has 0 aliphatic rings. The molecule has 0 aliphatic carbocycles. The molecule has 0 unspecified atom stereocenters. The average molecular weight is 443 g/mol. The Morgan fingerprint density at radius 3 is 2.07 bits per heavy atom. The third-order valence-electron chi connectivity index (χ3n) is 3.74. The molecule has 4 atom stereocenters. The number of terminal acetylenes is 1. The lowest BCUT2D eigenvalue weighted by Crippen LogP contribution is -2.57. The lowest BCUT2D eigenvalue weighted by Gasteiger charge is -2.24. The summed E-state index contributed by atoms with van der Waals surface area (Å²) in [4.78, 5) is 52.1. The molecule has 0 radical (unpaired) electrons. The van der Waals surface area contributed by atoms with E-state index in [2.05, 4.69) is 26.2 Å². The van der Waals surface area contributed by atoms with Crippen molar-refractivity contribution in [3.05, 3.63) is 0 Å². The van der Waals surface area contributed by atoms with E-state index in [0.29, 0.717) is 6.42 Å². The van der Waals surface area contributed by atoms with E-state index in [1.54, 1.807) is 0 Å². The van der Waals surface area contributed by atoms with Gasteiger partial charge in [-0.3, -0.25) is 24.2 Å². The second-order valence-corrected chi connectivity index (χ2v) is 7.28. The number of nitrogens with one attached hydrogen (secondary N) is 3. The number of nitrogens with two attached hydrogens (primary N) is 4. The Morgan fingerprint density at radius 1 is 1.00 bits per heavy atom. The van der Waals surface area contributed by atoms with Crippen LogP contribution in [0.1, 0.15) is 26.7 Å². The summed E-state index contributed by atoms with van der Waals surface area (Å²) in [5.74, 6) is -2.58. The second-order valence-electron chi connectivity index (χ2n) is 6.42. The standard InChI is InChI=1S/C17H30N8O4S/c1-4-30-8-12(25-14(27)9(2)18)16(29)24-11(6-5-7-22-17(20)21)15(28)23-10(3)13(19)26/h1,9-12H,5-8,18H2,2-3H3,(H2,19,26)(H,23,28)(H,24,29)(H,25,27)(H4,20,21,22)/t9-,10-,11-,12-/m0/s1. The second kappa shape index (κ2) is 14.1. The van der Waals surface area contributed by atoms with Crippen molar-refractivity contribution >= 4 is 41.4 Å². The molecule has 168 valence electrons. The fraction of sp³-hybridized carbons (Fsp3) is 0.588. The highest BCUT2D eigenvalue weighted by Crippen LogP contribution is 2.05. The van der Waals surface area contributed by atoms with E-state index >= 15 is 0 Å². The minimum Gasteiger partial charge on any atom is -0.370 e. The Labute approximate surface area is 179 Å².